The summed E-state index contributed by atoms with van der Waals surface area (Å²) >= 11 is 5.32. The van der Waals surface area contributed by atoms with Crippen LogP contribution in [0.2, 0.25) is 0 Å². The first-order valence-electron chi connectivity index (χ1n) is 4.24. The van der Waals surface area contributed by atoms with Crippen molar-refractivity contribution >= 4 is 17.4 Å². The molecule has 0 aliphatic heterocycles. The minimum Gasteiger partial charge on any atom is -0.496 e. The zero-order chi connectivity index (χ0) is 12.3. The number of hydrogen-bond acceptors (Lipinski definition) is 2. The summed E-state index contributed by atoms with van der Waals surface area (Å²) in [6.07, 6.45) is -4.46. The van der Waals surface area contributed by atoms with Gasteiger partial charge in [-0.15, -0.1) is 11.6 Å². The van der Waals surface area contributed by atoms with E-state index >= 15 is 0 Å². The van der Waals surface area contributed by atoms with Crippen LogP contribution in [0.1, 0.15) is 15.9 Å². The summed E-state index contributed by atoms with van der Waals surface area (Å²) < 4.78 is 41.8. The van der Waals surface area contributed by atoms with Crippen LogP contribution in [-0.4, -0.2) is 18.8 Å². The van der Waals surface area contributed by atoms with Crippen molar-refractivity contribution in [2.45, 2.75) is 6.18 Å². The SMILES string of the molecule is COc1cc(C(F)(F)F)ccc1C(=O)CCl. The highest BCUT2D eigenvalue weighted by Gasteiger charge is 2.31. The lowest BCUT2D eigenvalue weighted by molar-refractivity contribution is -0.137. The van der Waals surface area contributed by atoms with Gasteiger partial charge in [0.25, 0.3) is 0 Å². The molecule has 0 heterocycles. The van der Waals surface area contributed by atoms with Gasteiger partial charge in [-0.2, -0.15) is 13.2 Å². The summed E-state index contributed by atoms with van der Waals surface area (Å²) in [7, 11) is 1.19. The number of hydrogen-bond donors (Lipinski definition) is 0. The number of alkyl halides is 4. The lowest BCUT2D eigenvalue weighted by atomic mass is 10.1. The Labute approximate surface area is 95.0 Å². The lowest BCUT2D eigenvalue weighted by Crippen LogP contribution is -2.08. The summed E-state index contributed by atoms with van der Waals surface area (Å²) in [5.74, 6) is -0.908. The van der Waals surface area contributed by atoms with E-state index in [0.717, 1.165) is 18.2 Å². The Balaban J connectivity index is 3.22. The number of rotatable bonds is 3. The molecule has 0 bridgehead atoms. The van der Waals surface area contributed by atoms with E-state index in [2.05, 4.69) is 0 Å². The van der Waals surface area contributed by atoms with Crippen LogP contribution < -0.4 is 4.74 Å². The predicted octanol–water partition coefficient (Wildman–Crippen LogP) is 3.14. The molecule has 88 valence electrons. The highest BCUT2D eigenvalue weighted by Crippen LogP contribution is 2.33. The van der Waals surface area contributed by atoms with Crippen LogP contribution in [0.15, 0.2) is 18.2 Å². The standard InChI is InChI=1S/C10H8ClF3O2/c1-16-9-4-6(10(12,13)14)2-3-7(9)8(15)5-11/h2-4H,5H2,1H3. The van der Waals surface area contributed by atoms with Gasteiger partial charge in [0.2, 0.25) is 0 Å². The highest BCUT2D eigenvalue weighted by molar-refractivity contribution is 6.30. The number of halogens is 4. The average molecular weight is 253 g/mol. The molecule has 0 fully saturated rings. The van der Waals surface area contributed by atoms with Gasteiger partial charge in [0.05, 0.1) is 24.1 Å². The van der Waals surface area contributed by atoms with E-state index in [1.165, 1.54) is 7.11 Å². The maximum Gasteiger partial charge on any atom is 0.416 e. The normalized spacial score (nSPS) is 11.3. The first-order valence-corrected chi connectivity index (χ1v) is 4.78. The fraction of sp³-hybridized carbons (Fsp3) is 0.300. The van der Waals surface area contributed by atoms with Crippen molar-refractivity contribution in [1.82, 2.24) is 0 Å². The molecule has 0 amide bonds. The van der Waals surface area contributed by atoms with Crippen molar-refractivity contribution in [3.8, 4) is 5.75 Å². The summed E-state index contributed by atoms with van der Waals surface area (Å²) in [6, 6.07) is 2.66. The molecule has 1 aromatic carbocycles. The van der Waals surface area contributed by atoms with Crippen LogP contribution in [0.5, 0.6) is 5.75 Å². The van der Waals surface area contributed by atoms with Crippen molar-refractivity contribution < 1.29 is 22.7 Å². The monoisotopic (exact) mass is 252 g/mol. The number of methoxy groups -OCH3 is 1. The van der Waals surface area contributed by atoms with Gasteiger partial charge in [-0.25, -0.2) is 0 Å². The smallest absolute Gasteiger partial charge is 0.416 e. The third-order valence-corrected chi connectivity index (χ3v) is 2.19. The number of ether oxygens (including phenoxy) is 1. The fourth-order valence-electron chi connectivity index (χ4n) is 1.17. The zero-order valence-corrected chi connectivity index (χ0v) is 9.02. The van der Waals surface area contributed by atoms with E-state index < -0.39 is 17.5 Å². The minimum atomic E-state index is -4.46. The molecule has 16 heavy (non-hydrogen) atoms. The van der Waals surface area contributed by atoms with Gasteiger partial charge in [-0.1, -0.05) is 0 Å². The molecule has 0 saturated heterocycles. The highest BCUT2D eigenvalue weighted by atomic mass is 35.5. The number of benzene rings is 1. The van der Waals surface area contributed by atoms with Crippen LogP contribution in [0.4, 0.5) is 13.2 Å². The maximum atomic E-state index is 12.4. The van der Waals surface area contributed by atoms with Gasteiger partial charge < -0.3 is 4.74 Å². The van der Waals surface area contributed by atoms with Gasteiger partial charge >= 0.3 is 6.18 Å². The third-order valence-electron chi connectivity index (χ3n) is 1.95. The number of ketones is 1. The van der Waals surface area contributed by atoms with Gasteiger partial charge in [0, 0.05) is 0 Å². The minimum absolute atomic E-state index is 0.0468. The molecule has 0 unspecified atom stereocenters. The maximum absolute atomic E-state index is 12.4. The zero-order valence-electron chi connectivity index (χ0n) is 8.27. The van der Waals surface area contributed by atoms with Gasteiger partial charge in [0.1, 0.15) is 5.75 Å². The second kappa shape index (κ2) is 4.74. The van der Waals surface area contributed by atoms with E-state index in [4.69, 9.17) is 16.3 Å². The molecule has 0 aliphatic rings. The summed E-state index contributed by atoms with van der Waals surface area (Å²) in [6.45, 7) is 0. The predicted molar refractivity (Wildman–Crippen MR) is 53.0 cm³/mol. The topological polar surface area (TPSA) is 26.3 Å². The van der Waals surface area contributed by atoms with Gasteiger partial charge in [-0.05, 0) is 18.2 Å². The summed E-state index contributed by atoms with van der Waals surface area (Å²) in [5, 5.41) is 0. The molecular weight excluding hydrogens is 245 g/mol. The van der Waals surface area contributed by atoms with Crippen molar-refractivity contribution in [3.63, 3.8) is 0 Å². The van der Waals surface area contributed by atoms with Crippen molar-refractivity contribution in [1.29, 1.82) is 0 Å². The van der Waals surface area contributed by atoms with E-state index in [9.17, 15) is 18.0 Å². The molecule has 0 aliphatic carbocycles. The first-order chi connectivity index (χ1) is 7.40. The van der Waals surface area contributed by atoms with Gasteiger partial charge in [0.15, 0.2) is 5.78 Å². The third kappa shape index (κ3) is 2.66. The van der Waals surface area contributed by atoms with Crippen LogP contribution in [0.25, 0.3) is 0 Å². The summed E-state index contributed by atoms with van der Waals surface area (Å²) in [5.41, 5.74) is -0.819. The van der Waals surface area contributed by atoms with E-state index in [-0.39, 0.29) is 17.2 Å². The van der Waals surface area contributed by atoms with E-state index in [0.29, 0.717) is 0 Å². The molecule has 6 heteroatoms. The molecule has 0 atom stereocenters. The van der Waals surface area contributed by atoms with Gasteiger partial charge in [-0.3, -0.25) is 4.79 Å². The Morgan fingerprint density at radius 1 is 1.44 bits per heavy atom. The molecule has 0 aromatic heterocycles. The summed E-state index contributed by atoms with van der Waals surface area (Å²) in [4.78, 5) is 11.3. The fourth-order valence-corrected chi connectivity index (χ4v) is 1.31. The largest absolute Gasteiger partial charge is 0.496 e. The first kappa shape index (κ1) is 12.8. The van der Waals surface area contributed by atoms with Crippen LogP contribution in [0, 0.1) is 0 Å². The Hall–Kier alpha value is -1.23. The quantitative estimate of drug-likeness (QED) is 0.610. The van der Waals surface area contributed by atoms with E-state index in [1.807, 2.05) is 0 Å². The van der Waals surface area contributed by atoms with Crippen molar-refractivity contribution in [2.24, 2.45) is 0 Å². The average Bonchev–Trinajstić information content (AvgIpc) is 2.26. The van der Waals surface area contributed by atoms with Crippen LogP contribution in [0.3, 0.4) is 0 Å². The molecular formula is C10H8ClF3O2. The molecule has 1 aromatic rings. The van der Waals surface area contributed by atoms with Crippen molar-refractivity contribution in [3.05, 3.63) is 29.3 Å². The molecule has 1 rings (SSSR count). The van der Waals surface area contributed by atoms with E-state index in [1.54, 1.807) is 0 Å². The molecule has 0 spiro atoms. The van der Waals surface area contributed by atoms with Crippen molar-refractivity contribution in [2.75, 3.05) is 13.0 Å². The molecule has 0 saturated carbocycles. The van der Waals surface area contributed by atoms with Crippen LogP contribution in [-0.2, 0) is 6.18 Å². The second-order valence-electron chi connectivity index (χ2n) is 2.97. The molecule has 0 N–H and O–H groups in total. The Kier molecular flexibility index (Phi) is 3.80. The molecule has 2 nitrogen and oxygen atoms in total. The Morgan fingerprint density at radius 2 is 2.06 bits per heavy atom. The lowest BCUT2D eigenvalue weighted by Gasteiger charge is -2.11. The number of carbonyl (C=O) groups excluding carboxylic acids is 1. The Morgan fingerprint density at radius 3 is 2.50 bits per heavy atom. The number of Topliss-reactive ketones (excluding diaryl/α,β-unsaturated/α-hetero) is 1. The Bertz CT molecular complexity index is 402. The molecule has 0 radical (unpaired) electrons. The second-order valence-corrected chi connectivity index (χ2v) is 3.24. The van der Waals surface area contributed by atoms with Crippen LogP contribution >= 0.6 is 11.6 Å². The number of carbonyl (C=O) groups is 1.